The molecule has 104 valence electrons. The molecular formula is C13H16F2N2O2. The SMILES string of the molecule is CC(O)C1CCN(C(=O)c2ccnc(F)c2F)CC1. The van der Waals surface area contributed by atoms with Gasteiger partial charge in [-0.1, -0.05) is 0 Å². The zero-order valence-electron chi connectivity index (χ0n) is 10.6. The van der Waals surface area contributed by atoms with Crippen molar-refractivity contribution in [1.82, 2.24) is 9.88 Å². The predicted octanol–water partition coefficient (Wildman–Crippen LogP) is 1.59. The van der Waals surface area contributed by atoms with Crippen molar-refractivity contribution in [2.24, 2.45) is 5.92 Å². The summed E-state index contributed by atoms with van der Waals surface area (Å²) >= 11 is 0. The van der Waals surface area contributed by atoms with Crippen molar-refractivity contribution in [3.63, 3.8) is 0 Å². The number of amides is 1. The summed E-state index contributed by atoms with van der Waals surface area (Å²) in [4.78, 5) is 16.7. The number of rotatable bonds is 2. The maximum absolute atomic E-state index is 13.5. The van der Waals surface area contributed by atoms with Crippen molar-refractivity contribution in [3.05, 3.63) is 29.6 Å². The van der Waals surface area contributed by atoms with Gasteiger partial charge in [-0.3, -0.25) is 4.79 Å². The quantitative estimate of drug-likeness (QED) is 0.830. The third kappa shape index (κ3) is 2.89. The smallest absolute Gasteiger partial charge is 0.257 e. The average molecular weight is 270 g/mol. The first-order valence-corrected chi connectivity index (χ1v) is 6.28. The van der Waals surface area contributed by atoms with Crippen molar-refractivity contribution in [2.75, 3.05) is 13.1 Å². The summed E-state index contributed by atoms with van der Waals surface area (Å²) < 4.78 is 26.5. The van der Waals surface area contributed by atoms with Gasteiger partial charge in [0.2, 0.25) is 5.95 Å². The van der Waals surface area contributed by atoms with E-state index in [1.54, 1.807) is 6.92 Å². The van der Waals surface area contributed by atoms with Crippen LogP contribution >= 0.6 is 0 Å². The lowest BCUT2D eigenvalue weighted by Gasteiger charge is -2.33. The van der Waals surface area contributed by atoms with E-state index in [9.17, 15) is 18.7 Å². The number of nitrogens with zero attached hydrogens (tertiary/aromatic N) is 2. The Morgan fingerprint density at radius 1 is 1.47 bits per heavy atom. The number of halogens is 2. The van der Waals surface area contributed by atoms with Crippen LogP contribution in [0.1, 0.15) is 30.1 Å². The molecule has 2 rings (SSSR count). The van der Waals surface area contributed by atoms with E-state index >= 15 is 0 Å². The second-order valence-corrected chi connectivity index (χ2v) is 4.83. The average Bonchev–Trinajstić information content (AvgIpc) is 2.41. The Hall–Kier alpha value is -1.56. The first kappa shape index (κ1) is 13.9. The van der Waals surface area contributed by atoms with Gasteiger partial charge in [0.05, 0.1) is 11.7 Å². The van der Waals surface area contributed by atoms with Gasteiger partial charge < -0.3 is 10.0 Å². The fourth-order valence-corrected chi connectivity index (χ4v) is 2.34. The number of likely N-dealkylation sites (tertiary alicyclic amines) is 1. The molecule has 2 heterocycles. The number of aromatic nitrogens is 1. The molecule has 4 nitrogen and oxygen atoms in total. The molecule has 1 atom stereocenters. The molecule has 0 saturated carbocycles. The molecule has 0 aliphatic carbocycles. The molecule has 1 N–H and O–H groups in total. The summed E-state index contributed by atoms with van der Waals surface area (Å²) in [5, 5.41) is 9.48. The first-order valence-electron chi connectivity index (χ1n) is 6.28. The van der Waals surface area contributed by atoms with Crippen LogP contribution in [0.5, 0.6) is 0 Å². The highest BCUT2D eigenvalue weighted by Crippen LogP contribution is 2.22. The fourth-order valence-electron chi connectivity index (χ4n) is 2.34. The highest BCUT2D eigenvalue weighted by Gasteiger charge is 2.28. The standard InChI is InChI=1S/C13H16F2N2O2/c1-8(18)9-3-6-17(7-4-9)13(19)10-2-5-16-12(15)11(10)14/h2,5,8-9,18H,3-4,6-7H2,1H3. The Morgan fingerprint density at radius 2 is 2.11 bits per heavy atom. The first-order chi connectivity index (χ1) is 9.00. The summed E-state index contributed by atoms with van der Waals surface area (Å²) in [6.45, 7) is 2.61. The normalized spacial score (nSPS) is 18.4. The van der Waals surface area contributed by atoms with Crippen LogP contribution in [0.15, 0.2) is 12.3 Å². The Labute approximate surface area is 110 Å². The highest BCUT2D eigenvalue weighted by molar-refractivity contribution is 5.94. The molecular weight excluding hydrogens is 254 g/mol. The molecule has 1 aromatic heterocycles. The number of hydrogen-bond acceptors (Lipinski definition) is 3. The van der Waals surface area contributed by atoms with Crippen LogP contribution in [0.4, 0.5) is 8.78 Å². The maximum Gasteiger partial charge on any atom is 0.257 e. The van der Waals surface area contributed by atoms with E-state index < -0.39 is 23.8 Å². The number of pyridine rings is 1. The second-order valence-electron chi connectivity index (χ2n) is 4.83. The Kier molecular flexibility index (Phi) is 4.09. The van der Waals surface area contributed by atoms with Gasteiger partial charge >= 0.3 is 0 Å². The van der Waals surface area contributed by atoms with Gasteiger partial charge in [0.1, 0.15) is 0 Å². The lowest BCUT2D eigenvalue weighted by molar-refractivity contribution is 0.0517. The van der Waals surface area contributed by atoms with Gasteiger partial charge in [-0.2, -0.15) is 4.39 Å². The van der Waals surface area contributed by atoms with Crippen LogP contribution in [0, 0.1) is 17.7 Å². The number of piperidine rings is 1. The minimum atomic E-state index is -1.26. The lowest BCUT2D eigenvalue weighted by Crippen LogP contribution is -2.41. The van der Waals surface area contributed by atoms with E-state index in [1.807, 2.05) is 0 Å². The summed E-state index contributed by atoms with van der Waals surface area (Å²) in [6.07, 6.45) is 2.00. The number of carbonyl (C=O) groups is 1. The molecule has 1 amide bonds. The van der Waals surface area contributed by atoms with Gasteiger partial charge in [-0.05, 0) is 31.7 Å². The van der Waals surface area contributed by atoms with E-state index in [1.165, 1.54) is 11.0 Å². The van der Waals surface area contributed by atoms with Gasteiger partial charge in [0, 0.05) is 19.3 Å². The van der Waals surface area contributed by atoms with Crippen LogP contribution in [0.25, 0.3) is 0 Å². The molecule has 1 saturated heterocycles. The Bertz CT molecular complexity index is 472. The monoisotopic (exact) mass is 270 g/mol. The molecule has 1 aromatic rings. The summed E-state index contributed by atoms with van der Waals surface area (Å²) in [5.74, 6) is -2.83. The fraction of sp³-hybridized carbons (Fsp3) is 0.538. The highest BCUT2D eigenvalue weighted by atomic mass is 19.2. The van der Waals surface area contributed by atoms with Crippen molar-refractivity contribution in [3.8, 4) is 0 Å². The van der Waals surface area contributed by atoms with E-state index in [2.05, 4.69) is 4.98 Å². The van der Waals surface area contributed by atoms with Crippen molar-refractivity contribution in [1.29, 1.82) is 0 Å². The Balaban J connectivity index is 2.07. The largest absolute Gasteiger partial charge is 0.393 e. The van der Waals surface area contributed by atoms with Gasteiger partial charge in [-0.15, -0.1) is 0 Å². The number of aliphatic hydroxyl groups is 1. The third-order valence-corrected chi connectivity index (χ3v) is 3.59. The molecule has 0 radical (unpaired) electrons. The van der Waals surface area contributed by atoms with Crippen LogP contribution in [0.3, 0.4) is 0 Å². The minimum Gasteiger partial charge on any atom is -0.393 e. The number of hydrogen-bond donors (Lipinski definition) is 1. The van der Waals surface area contributed by atoms with E-state index in [4.69, 9.17) is 0 Å². The maximum atomic E-state index is 13.5. The summed E-state index contributed by atoms with van der Waals surface area (Å²) in [6, 6.07) is 1.18. The Morgan fingerprint density at radius 3 is 2.68 bits per heavy atom. The molecule has 1 unspecified atom stereocenters. The third-order valence-electron chi connectivity index (χ3n) is 3.59. The number of carbonyl (C=O) groups excluding carboxylic acids is 1. The van der Waals surface area contributed by atoms with Crippen LogP contribution in [-0.2, 0) is 0 Å². The van der Waals surface area contributed by atoms with E-state index in [0.29, 0.717) is 25.9 Å². The molecule has 1 fully saturated rings. The minimum absolute atomic E-state index is 0.156. The molecule has 0 aromatic carbocycles. The molecule has 1 aliphatic rings. The summed E-state index contributed by atoms with van der Waals surface area (Å²) in [5.41, 5.74) is -0.289. The van der Waals surface area contributed by atoms with Crippen molar-refractivity contribution < 1.29 is 18.7 Å². The van der Waals surface area contributed by atoms with E-state index in [-0.39, 0.29) is 11.5 Å². The van der Waals surface area contributed by atoms with Gasteiger partial charge in [-0.25, -0.2) is 9.37 Å². The van der Waals surface area contributed by atoms with Crippen LogP contribution in [0.2, 0.25) is 0 Å². The molecule has 6 heteroatoms. The number of aliphatic hydroxyl groups excluding tert-OH is 1. The zero-order chi connectivity index (χ0) is 14.0. The predicted molar refractivity (Wildman–Crippen MR) is 64.5 cm³/mol. The second kappa shape index (κ2) is 5.61. The molecule has 0 spiro atoms. The van der Waals surface area contributed by atoms with E-state index in [0.717, 1.165) is 6.20 Å². The van der Waals surface area contributed by atoms with Crippen molar-refractivity contribution in [2.45, 2.75) is 25.9 Å². The van der Waals surface area contributed by atoms with Crippen LogP contribution < -0.4 is 0 Å². The topological polar surface area (TPSA) is 53.4 Å². The van der Waals surface area contributed by atoms with Crippen LogP contribution in [-0.4, -0.2) is 40.1 Å². The van der Waals surface area contributed by atoms with Gasteiger partial charge in [0.25, 0.3) is 5.91 Å². The molecule has 0 bridgehead atoms. The van der Waals surface area contributed by atoms with Crippen molar-refractivity contribution >= 4 is 5.91 Å². The zero-order valence-corrected chi connectivity index (χ0v) is 10.6. The van der Waals surface area contributed by atoms with Gasteiger partial charge in [0.15, 0.2) is 5.82 Å². The molecule has 19 heavy (non-hydrogen) atoms. The molecule has 1 aliphatic heterocycles. The summed E-state index contributed by atoms with van der Waals surface area (Å²) in [7, 11) is 0. The lowest BCUT2D eigenvalue weighted by atomic mass is 9.92.